The molecule has 1 aliphatic rings. The quantitative estimate of drug-likeness (QED) is 0.542. The Hall–Kier alpha value is -2.16. The predicted molar refractivity (Wildman–Crippen MR) is 112 cm³/mol. The first-order chi connectivity index (χ1) is 13.2. The van der Waals surface area contributed by atoms with Gasteiger partial charge in [0.05, 0.1) is 0 Å². The van der Waals surface area contributed by atoms with Crippen molar-refractivity contribution in [3.05, 3.63) is 58.3 Å². The molecular weight excluding hydrogens is 330 g/mol. The summed E-state index contributed by atoms with van der Waals surface area (Å²) in [6.45, 7) is 7.48. The molecule has 0 spiro atoms. The van der Waals surface area contributed by atoms with Gasteiger partial charge < -0.3 is 4.57 Å². The van der Waals surface area contributed by atoms with E-state index in [2.05, 4.69) is 53.5 Å². The Bertz CT molecular complexity index is 932. The highest BCUT2D eigenvalue weighted by atomic mass is 15.0. The molecule has 0 amide bonds. The molecule has 142 valence electrons. The molecule has 0 saturated heterocycles. The van der Waals surface area contributed by atoms with Crippen LogP contribution in [0.2, 0.25) is 0 Å². The van der Waals surface area contributed by atoms with Crippen LogP contribution in [0.5, 0.6) is 0 Å². The molecular formula is C24H31N3. The zero-order valence-corrected chi connectivity index (χ0v) is 17.0. The molecule has 0 saturated carbocycles. The van der Waals surface area contributed by atoms with Gasteiger partial charge in [-0.3, -0.25) is 0 Å². The largest absolute Gasteiger partial charge is 0.344 e. The van der Waals surface area contributed by atoms with Gasteiger partial charge in [-0.1, -0.05) is 13.0 Å². The monoisotopic (exact) mass is 361 g/mol. The van der Waals surface area contributed by atoms with Gasteiger partial charge in [-0.2, -0.15) is 0 Å². The van der Waals surface area contributed by atoms with Crippen LogP contribution in [0.4, 0.5) is 0 Å². The summed E-state index contributed by atoms with van der Waals surface area (Å²) in [5, 5.41) is 1.52. The maximum atomic E-state index is 4.59. The lowest BCUT2D eigenvalue weighted by Gasteiger charge is -2.16. The van der Waals surface area contributed by atoms with Gasteiger partial charge in [-0.25, -0.2) is 9.97 Å². The lowest BCUT2D eigenvalue weighted by molar-refractivity contribution is 0.570. The Morgan fingerprint density at radius 2 is 1.74 bits per heavy atom. The summed E-state index contributed by atoms with van der Waals surface area (Å²) < 4.78 is 2.62. The highest BCUT2D eigenvalue weighted by Crippen LogP contribution is 2.33. The van der Waals surface area contributed by atoms with Gasteiger partial charge in [-0.15, -0.1) is 0 Å². The van der Waals surface area contributed by atoms with E-state index in [9.17, 15) is 0 Å². The summed E-state index contributed by atoms with van der Waals surface area (Å²) in [6.07, 6.45) is 9.59. The SMILES string of the molecule is CCc1ccc2c(c1)c1c(n2CCCCc2nc(C)cc(C)n2)CCCC1. The minimum Gasteiger partial charge on any atom is -0.344 e. The summed E-state index contributed by atoms with van der Waals surface area (Å²) in [7, 11) is 0. The minimum atomic E-state index is 0.976. The van der Waals surface area contributed by atoms with Crippen LogP contribution in [0.3, 0.4) is 0 Å². The third-order valence-corrected chi connectivity index (χ3v) is 5.91. The van der Waals surface area contributed by atoms with Gasteiger partial charge >= 0.3 is 0 Å². The van der Waals surface area contributed by atoms with Crippen LogP contribution in [0, 0.1) is 13.8 Å². The zero-order valence-electron chi connectivity index (χ0n) is 17.0. The second-order valence-corrected chi connectivity index (χ2v) is 8.01. The first-order valence-electron chi connectivity index (χ1n) is 10.6. The molecule has 2 aromatic heterocycles. The number of rotatable bonds is 6. The highest BCUT2D eigenvalue weighted by Gasteiger charge is 2.19. The fourth-order valence-electron chi connectivity index (χ4n) is 4.62. The van der Waals surface area contributed by atoms with Gasteiger partial charge in [0.2, 0.25) is 0 Å². The van der Waals surface area contributed by atoms with Crippen molar-refractivity contribution in [2.45, 2.75) is 78.7 Å². The highest BCUT2D eigenvalue weighted by molar-refractivity contribution is 5.86. The normalized spacial score (nSPS) is 13.9. The maximum absolute atomic E-state index is 4.59. The molecule has 1 aromatic carbocycles. The first-order valence-corrected chi connectivity index (χ1v) is 10.6. The third kappa shape index (κ3) is 3.78. The Balaban J connectivity index is 1.51. The van der Waals surface area contributed by atoms with Gasteiger partial charge in [-0.05, 0) is 88.1 Å². The summed E-state index contributed by atoms with van der Waals surface area (Å²) in [5.41, 5.74) is 8.29. The van der Waals surface area contributed by atoms with Crippen molar-refractivity contribution >= 4 is 10.9 Å². The van der Waals surface area contributed by atoms with E-state index in [0.717, 1.165) is 43.0 Å². The summed E-state index contributed by atoms with van der Waals surface area (Å²) in [6, 6.07) is 9.17. The van der Waals surface area contributed by atoms with Crippen LogP contribution in [0.1, 0.15) is 66.6 Å². The number of aromatic nitrogens is 3. The number of unbranched alkanes of at least 4 members (excludes halogenated alkanes) is 1. The Morgan fingerprint density at radius 3 is 2.52 bits per heavy atom. The number of benzene rings is 1. The smallest absolute Gasteiger partial charge is 0.128 e. The second kappa shape index (κ2) is 7.84. The van der Waals surface area contributed by atoms with Crippen LogP contribution in [-0.2, 0) is 32.2 Å². The van der Waals surface area contributed by atoms with Crippen molar-refractivity contribution in [2.24, 2.45) is 0 Å². The van der Waals surface area contributed by atoms with E-state index in [1.54, 1.807) is 11.3 Å². The Kier molecular flexibility index (Phi) is 5.29. The Morgan fingerprint density at radius 1 is 0.963 bits per heavy atom. The standard InChI is InChI=1S/C24H31N3/c1-4-19-12-13-23-21(16-19)20-9-5-6-10-22(20)27(23)14-8-7-11-24-25-17(2)15-18(3)26-24/h12-13,15-16H,4-11,14H2,1-3H3. The van der Waals surface area contributed by atoms with Crippen molar-refractivity contribution in [3.63, 3.8) is 0 Å². The summed E-state index contributed by atoms with van der Waals surface area (Å²) in [4.78, 5) is 9.18. The molecule has 0 atom stereocenters. The van der Waals surface area contributed by atoms with Crippen LogP contribution < -0.4 is 0 Å². The molecule has 0 unspecified atom stereocenters. The van der Waals surface area contributed by atoms with Gasteiger partial charge in [0.15, 0.2) is 0 Å². The van der Waals surface area contributed by atoms with E-state index in [-0.39, 0.29) is 0 Å². The third-order valence-electron chi connectivity index (χ3n) is 5.91. The first kappa shape index (κ1) is 18.2. The van der Waals surface area contributed by atoms with Crippen molar-refractivity contribution in [1.29, 1.82) is 0 Å². The zero-order chi connectivity index (χ0) is 18.8. The summed E-state index contributed by atoms with van der Waals surface area (Å²) in [5.74, 6) is 1.000. The average molecular weight is 362 g/mol. The second-order valence-electron chi connectivity index (χ2n) is 8.01. The molecule has 0 fully saturated rings. The molecule has 27 heavy (non-hydrogen) atoms. The average Bonchev–Trinajstić information content (AvgIpc) is 2.98. The van der Waals surface area contributed by atoms with Crippen molar-refractivity contribution in [3.8, 4) is 0 Å². The van der Waals surface area contributed by atoms with Crippen LogP contribution in [0.15, 0.2) is 24.3 Å². The molecule has 3 nitrogen and oxygen atoms in total. The molecule has 3 aromatic rings. The van der Waals surface area contributed by atoms with E-state index < -0.39 is 0 Å². The lowest BCUT2D eigenvalue weighted by atomic mass is 9.95. The molecule has 1 aliphatic carbocycles. The van der Waals surface area contributed by atoms with E-state index >= 15 is 0 Å². The van der Waals surface area contributed by atoms with E-state index in [1.807, 2.05) is 6.07 Å². The molecule has 3 heteroatoms. The van der Waals surface area contributed by atoms with Crippen LogP contribution >= 0.6 is 0 Å². The maximum Gasteiger partial charge on any atom is 0.128 e. The van der Waals surface area contributed by atoms with Gasteiger partial charge in [0.1, 0.15) is 5.82 Å². The van der Waals surface area contributed by atoms with E-state index in [1.165, 1.54) is 48.6 Å². The number of fused-ring (bicyclic) bond motifs is 3. The molecule has 0 N–H and O–H groups in total. The Labute approximate surface area is 162 Å². The fourth-order valence-corrected chi connectivity index (χ4v) is 4.62. The number of hydrogen-bond acceptors (Lipinski definition) is 2. The van der Waals surface area contributed by atoms with Crippen LogP contribution in [0.25, 0.3) is 10.9 Å². The molecule has 0 radical (unpaired) electrons. The van der Waals surface area contributed by atoms with Gasteiger partial charge in [0.25, 0.3) is 0 Å². The van der Waals surface area contributed by atoms with Crippen LogP contribution in [-0.4, -0.2) is 14.5 Å². The number of aryl methyl sites for hydroxylation is 6. The molecule has 4 rings (SSSR count). The van der Waals surface area contributed by atoms with E-state index in [4.69, 9.17) is 0 Å². The van der Waals surface area contributed by atoms with Gasteiger partial charge in [0, 0.05) is 41.0 Å². The topological polar surface area (TPSA) is 30.7 Å². The lowest BCUT2D eigenvalue weighted by Crippen LogP contribution is -2.09. The van der Waals surface area contributed by atoms with E-state index in [0.29, 0.717) is 0 Å². The van der Waals surface area contributed by atoms with Crippen molar-refractivity contribution in [2.75, 3.05) is 0 Å². The minimum absolute atomic E-state index is 0.976. The van der Waals surface area contributed by atoms with Crippen molar-refractivity contribution < 1.29 is 0 Å². The molecule has 0 bridgehead atoms. The number of nitrogens with zero attached hydrogens (tertiary/aromatic N) is 3. The molecule has 0 aliphatic heterocycles. The number of hydrogen-bond donors (Lipinski definition) is 0. The predicted octanol–water partition coefficient (Wildman–Crippen LogP) is 5.51. The molecule has 2 heterocycles. The summed E-state index contributed by atoms with van der Waals surface area (Å²) >= 11 is 0. The van der Waals surface area contributed by atoms with Crippen molar-refractivity contribution in [1.82, 2.24) is 14.5 Å². The fraction of sp³-hybridized carbons (Fsp3) is 0.500.